The second-order valence-corrected chi connectivity index (χ2v) is 10.4. The molecule has 8 nitrogen and oxygen atoms in total. The molecule has 0 aliphatic carbocycles. The Morgan fingerprint density at radius 3 is 2.26 bits per heavy atom. The summed E-state index contributed by atoms with van der Waals surface area (Å²) in [5.74, 6) is -0.0925. The predicted octanol–water partition coefficient (Wildman–Crippen LogP) is 2.93. The van der Waals surface area contributed by atoms with Crippen molar-refractivity contribution >= 4 is 27.0 Å². The summed E-state index contributed by atoms with van der Waals surface area (Å²) in [7, 11) is -3.56. The van der Waals surface area contributed by atoms with Crippen LogP contribution >= 0.6 is 0 Å². The van der Waals surface area contributed by atoms with E-state index >= 15 is 0 Å². The van der Waals surface area contributed by atoms with E-state index in [0.29, 0.717) is 25.2 Å². The number of para-hydroxylation sites is 1. The Hall–Kier alpha value is -3.56. The summed E-state index contributed by atoms with van der Waals surface area (Å²) in [4.78, 5) is 15.0. The SMILES string of the molecule is Cc1ccc(S(=O)(=O)N2CCN(C(=O)c3ccc(Cn4nnc5ccccc54)cc3)CC2)cc1. The number of rotatable bonds is 5. The molecule has 4 aromatic rings. The fourth-order valence-corrected chi connectivity index (χ4v) is 5.56. The molecule has 1 aliphatic rings. The Bertz CT molecular complexity index is 1420. The number of nitrogens with zero attached hydrogens (tertiary/aromatic N) is 5. The molecule has 3 aromatic carbocycles. The molecule has 5 rings (SSSR count). The van der Waals surface area contributed by atoms with Gasteiger partial charge in [0.05, 0.1) is 17.0 Å². The van der Waals surface area contributed by atoms with Gasteiger partial charge in [-0.25, -0.2) is 13.1 Å². The summed E-state index contributed by atoms with van der Waals surface area (Å²) in [6.45, 7) is 3.75. The number of amides is 1. The topological polar surface area (TPSA) is 88.4 Å². The molecule has 174 valence electrons. The molecule has 0 atom stereocenters. The molecule has 1 aromatic heterocycles. The molecular formula is C25H25N5O3S. The van der Waals surface area contributed by atoms with Gasteiger partial charge in [0.2, 0.25) is 10.0 Å². The number of aryl methyl sites for hydroxylation is 1. The third-order valence-corrected chi connectivity index (χ3v) is 8.05. The highest BCUT2D eigenvalue weighted by molar-refractivity contribution is 7.89. The van der Waals surface area contributed by atoms with Gasteiger partial charge in [-0.05, 0) is 48.9 Å². The van der Waals surface area contributed by atoms with E-state index in [1.807, 2.05) is 60.1 Å². The van der Waals surface area contributed by atoms with Crippen LogP contribution in [0.5, 0.6) is 0 Å². The van der Waals surface area contributed by atoms with Crippen LogP contribution in [0.3, 0.4) is 0 Å². The first-order chi connectivity index (χ1) is 16.4. The summed E-state index contributed by atoms with van der Waals surface area (Å²) in [6, 6.07) is 22.1. The highest BCUT2D eigenvalue weighted by atomic mass is 32.2. The highest BCUT2D eigenvalue weighted by Gasteiger charge is 2.30. The van der Waals surface area contributed by atoms with Crippen molar-refractivity contribution in [1.29, 1.82) is 0 Å². The van der Waals surface area contributed by atoms with Crippen LogP contribution in [0.15, 0.2) is 77.7 Å². The molecule has 0 radical (unpaired) electrons. The quantitative estimate of drug-likeness (QED) is 0.443. The van der Waals surface area contributed by atoms with Crippen LogP contribution in [-0.2, 0) is 16.6 Å². The molecule has 34 heavy (non-hydrogen) atoms. The lowest BCUT2D eigenvalue weighted by Gasteiger charge is -2.34. The van der Waals surface area contributed by atoms with Gasteiger partial charge in [0.15, 0.2) is 0 Å². The van der Waals surface area contributed by atoms with E-state index in [9.17, 15) is 13.2 Å². The molecule has 2 heterocycles. The third-order valence-electron chi connectivity index (χ3n) is 6.14. The minimum atomic E-state index is -3.56. The van der Waals surface area contributed by atoms with Crippen LogP contribution in [0.4, 0.5) is 0 Å². The van der Waals surface area contributed by atoms with Crippen molar-refractivity contribution in [3.05, 3.63) is 89.5 Å². The molecule has 0 bridgehead atoms. The van der Waals surface area contributed by atoms with Crippen molar-refractivity contribution < 1.29 is 13.2 Å². The van der Waals surface area contributed by atoms with Gasteiger partial charge in [0.1, 0.15) is 5.52 Å². The summed E-state index contributed by atoms with van der Waals surface area (Å²) in [5, 5.41) is 8.39. The van der Waals surface area contributed by atoms with Gasteiger partial charge >= 0.3 is 0 Å². The average molecular weight is 476 g/mol. The van der Waals surface area contributed by atoms with Gasteiger partial charge in [-0.15, -0.1) is 5.10 Å². The second kappa shape index (κ2) is 9.00. The van der Waals surface area contributed by atoms with Crippen LogP contribution in [0.1, 0.15) is 21.5 Å². The molecule has 1 aliphatic heterocycles. The molecule has 9 heteroatoms. The smallest absolute Gasteiger partial charge is 0.253 e. The maximum Gasteiger partial charge on any atom is 0.253 e. The zero-order chi connectivity index (χ0) is 23.7. The van der Waals surface area contributed by atoms with E-state index in [0.717, 1.165) is 22.2 Å². The summed E-state index contributed by atoms with van der Waals surface area (Å²) >= 11 is 0. The van der Waals surface area contributed by atoms with Crippen molar-refractivity contribution in [1.82, 2.24) is 24.2 Å². The lowest BCUT2D eigenvalue weighted by atomic mass is 10.1. The number of piperazine rings is 1. The van der Waals surface area contributed by atoms with Gasteiger partial charge in [-0.1, -0.05) is 47.2 Å². The van der Waals surface area contributed by atoms with E-state index in [2.05, 4.69) is 10.3 Å². The van der Waals surface area contributed by atoms with E-state index in [1.165, 1.54) is 4.31 Å². The monoisotopic (exact) mass is 475 g/mol. The second-order valence-electron chi connectivity index (χ2n) is 8.44. The van der Waals surface area contributed by atoms with Gasteiger partial charge in [-0.2, -0.15) is 4.31 Å². The van der Waals surface area contributed by atoms with Crippen LogP contribution in [0, 0.1) is 6.92 Å². The van der Waals surface area contributed by atoms with Crippen molar-refractivity contribution in [2.75, 3.05) is 26.2 Å². The van der Waals surface area contributed by atoms with Crippen LogP contribution in [0.2, 0.25) is 0 Å². The minimum absolute atomic E-state index is 0.0925. The average Bonchev–Trinajstić information content (AvgIpc) is 3.27. The molecule has 0 saturated carbocycles. The largest absolute Gasteiger partial charge is 0.336 e. The summed E-state index contributed by atoms with van der Waals surface area (Å²) < 4.78 is 29.1. The number of carbonyl (C=O) groups excluding carboxylic acids is 1. The van der Waals surface area contributed by atoms with Crippen LogP contribution in [0.25, 0.3) is 11.0 Å². The van der Waals surface area contributed by atoms with E-state index < -0.39 is 10.0 Å². The number of hydrogen-bond donors (Lipinski definition) is 0. The maximum atomic E-state index is 13.0. The number of benzene rings is 3. The standard InChI is InChI=1S/C25H25N5O3S/c1-19-6-12-22(13-7-19)34(32,33)29-16-14-28(15-17-29)25(31)21-10-8-20(9-11-21)18-30-24-5-3-2-4-23(24)26-27-30/h2-13H,14-18H2,1H3. The minimum Gasteiger partial charge on any atom is -0.336 e. The summed E-state index contributed by atoms with van der Waals surface area (Å²) in [5.41, 5.74) is 4.41. The number of fused-ring (bicyclic) bond motifs is 1. The van der Waals surface area contributed by atoms with Crippen LogP contribution in [-0.4, -0.2) is 64.7 Å². The van der Waals surface area contributed by atoms with Crippen molar-refractivity contribution in [3.8, 4) is 0 Å². The Labute approximate surface area is 198 Å². The number of sulfonamides is 1. The first kappa shape index (κ1) is 22.2. The number of aromatic nitrogens is 3. The van der Waals surface area contributed by atoms with E-state index in [1.54, 1.807) is 29.2 Å². The highest BCUT2D eigenvalue weighted by Crippen LogP contribution is 2.19. The lowest BCUT2D eigenvalue weighted by molar-refractivity contribution is 0.0698. The maximum absolute atomic E-state index is 13.0. The van der Waals surface area contributed by atoms with Crippen molar-refractivity contribution in [2.45, 2.75) is 18.4 Å². The Morgan fingerprint density at radius 2 is 1.56 bits per heavy atom. The molecule has 0 N–H and O–H groups in total. The number of hydrogen-bond acceptors (Lipinski definition) is 5. The predicted molar refractivity (Wildman–Crippen MR) is 129 cm³/mol. The first-order valence-corrected chi connectivity index (χ1v) is 12.6. The molecule has 1 saturated heterocycles. The first-order valence-electron chi connectivity index (χ1n) is 11.1. The zero-order valence-corrected chi connectivity index (χ0v) is 19.6. The lowest BCUT2D eigenvalue weighted by Crippen LogP contribution is -2.50. The van der Waals surface area contributed by atoms with Gasteiger partial charge in [-0.3, -0.25) is 4.79 Å². The summed E-state index contributed by atoms with van der Waals surface area (Å²) in [6.07, 6.45) is 0. The van der Waals surface area contributed by atoms with Crippen LogP contribution < -0.4 is 0 Å². The normalized spacial score (nSPS) is 15.0. The zero-order valence-electron chi connectivity index (χ0n) is 18.8. The fourth-order valence-electron chi connectivity index (χ4n) is 4.13. The van der Waals surface area contributed by atoms with Gasteiger partial charge < -0.3 is 4.90 Å². The van der Waals surface area contributed by atoms with Gasteiger partial charge in [0, 0.05) is 31.7 Å². The molecule has 1 fully saturated rings. The molecule has 1 amide bonds. The fraction of sp³-hybridized carbons (Fsp3) is 0.240. The molecule has 0 unspecified atom stereocenters. The van der Waals surface area contributed by atoms with E-state index in [-0.39, 0.29) is 23.9 Å². The van der Waals surface area contributed by atoms with Crippen molar-refractivity contribution in [2.24, 2.45) is 0 Å². The Kier molecular flexibility index (Phi) is 5.89. The third kappa shape index (κ3) is 4.32. The van der Waals surface area contributed by atoms with Gasteiger partial charge in [0.25, 0.3) is 5.91 Å². The molecule has 0 spiro atoms. The number of carbonyl (C=O) groups is 1. The Balaban J connectivity index is 1.22. The van der Waals surface area contributed by atoms with E-state index in [4.69, 9.17) is 0 Å². The molecular weight excluding hydrogens is 450 g/mol. The van der Waals surface area contributed by atoms with Crippen molar-refractivity contribution in [3.63, 3.8) is 0 Å². The Morgan fingerprint density at radius 1 is 0.882 bits per heavy atom.